The maximum absolute atomic E-state index is 12.2. The molecule has 2 rings (SSSR count). The van der Waals surface area contributed by atoms with E-state index in [0.717, 1.165) is 11.1 Å². The van der Waals surface area contributed by atoms with Gasteiger partial charge in [0.15, 0.2) is 0 Å². The minimum absolute atomic E-state index is 0.187. The van der Waals surface area contributed by atoms with Crippen LogP contribution in [0.25, 0.3) is 9.69 Å². The fourth-order valence-corrected chi connectivity index (χ4v) is 2.67. The molecule has 0 bridgehead atoms. The molecule has 8 nitrogen and oxygen atoms in total. The smallest absolute Gasteiger partial charge is 0.458 e. The van der Waals surface area contributed by atoms with Gasteiger partial charge in [-0.1, -0.05) is 88.4 Å². The molecule has 2 aromatic carbocycles. The molecule has 44 heavy (non-hydrogen) atoms. The van der Waals surface area contributed by atoms with Crippen LogP contribution in [-0.4, -0.2) is 54.4 Å². The minimum atomic E-state index is -5.23. The monoisotopic (exact) mass is 630 g/mol. The first kappa shape index (κ1) is 41.3. The summed E-state index contributed by atoms with van der Waals surface area (Å²) in [5.74, 6) is -7.61. The Balaban J connectivity index is 0. The maximum atomic E-state index is 12.2. The number of carbonyl (C=O) groups excluding carboxylic acids is 3. The van der Waals surface area contributed by atoms with E-state index in [1.807, 2.05) is 27.7 Å². The van der Waals surface area contributed by atoms with E-state index < -0.39 is 47.6 Å². The number of allylic oxidation sites excluding steroid dienone is 1. The van der Waals surface area contributed by atoms with Gasteiger partial charge >= 0.3 is 41.8 Å². The van der Waals surface area contributed by atoms with Crippen molar-refractivity contribution in [1.82, 2.24) is 0 Å². The molecule has 0 saturated carbocycles. The zero-order valence-electron chi connectivity index (χ0n) is 24.3. The number of esters is 2. The number of alkyl halides is 6. The summed E-state index contributed by atoms with van der Waals surface area (Å²) >= 11 is 0. The normalized spacial score (nSPS) is 11.5. The standard InChI is InChI=1S/2C13H10F3NO3.2C2H6/c2*1-17-10(11(18)13(14,15)16)12(19)20-8-7-9-5-3-2-4-6-9;2*1-2/h2-6,18H,7-8H2;2-6,10H,7-8H2;2*1-2H3/b11-10+;;;. The van der Waals surface area contributed by atoms with Crippen LogP contribution in [0.1, 0.15) is 38.8 Å². The zero-order chi connectivity index (χ0) is 34.3. The van der Waals surface area contributed by atoms with Gasteiger partial charge in [-0.05, 0) is 11.1 Å². The molecule has 0 amide bonds. The van der Waals surface area contributed by atoms with E-state index in [2.05, 4.69) is 19.2 Å². The summed E-state index contributed by atoms with van der Waals surface area (Å²) in [7, 11) is 0. The van der Waals surface area contributed by atoms with Crippen molar-refractivity contribution in [3.05, 3.63) is 106 Å². The quantitative estimate of drug-likeness (QED) is 0.0782. The number of nitrogens with zero attached hydrogens (tertiary/aromatic N) is 2. The molecule has 14 heteroatoms. The molecular formula is C30H32F6N2O6. The van der Waals surface area contributed by atoms with Crippen molar-refractivity contribution >= 4 is 17.7 Å². The summed E-state index contributed by atoms with van der Waals surface area (Å²) in [6.45, 7) is 20.6. The lowest BCUT2D eigenvalue weighted by atomic mass is 10.1. The van der Waals surface area contributed by atoms with E-state index in [4.69, 9.17) is 18.3 Å². The zero-order valence-corrected chi connectivity index (χ0v) is 24.3. The number of halogens is 6. The molecule has 0 heterocycles. The number of hydrogen-bond donors (Lipinski definition) is 1. The summed E-state index contributed by atoms with van der Waals surface area (Å²) in [6, 6.07) is 15.1. The second-order valence-corrected chi connectivity index (χ2v) is 7.48. The third-order valence-electron chi connectivity index (χ3n) is 4.62. The number of Topliss-reactive ketones (excluding diaryl/α,β-unsaturated/α-hetero) is 1. The van der Waals surface area contributed by atoms with Crippen LogP contribution >= 0.6 is 0 Å². The SMILES string of the molecule is CC.CC.[C-]#[N+]/C(C(=O)OCCc1ccccc1)=C(/O)C(F)(F)F.[C-]#[N+]C(C(=O)OCCc1ccccc1)C(=O)C(F)(F)F. The largest absolute Gasteiger partial charge is 0.515 e. The van der Waals surface area contributed by atoms with Crippen molar-refractivity contribution in [2.75, 3.05) is 13.2 Å². The lowest BCUT2D eigenvalue weighted by molar-refractivity contribution is -0.175. The maximum Gasteiger partial charge on any atom is 0.458 e. The molecule has 1 unspecified atom stereocenters. The molecule has 1 atom stereocenters. The van der Waals surface area contributed by atoms with Crippen LogP contribution in [0.15, 0.2) is 72.1 Å². The highest BCUT2D eigenvalue weighted by Crippen LogP contribution is 2.27. The van der Waals surface area contributed by atoms with Crippen molar-refractivity contribution < 1.29 is 55.3 Å². The van der Waals surface area contributed by atoms with Crippen LogP contribution in [-0.2, 0) is 36.7 Å². The summed E-state index contributed by atoms with van der Waals surface area (Å²) < 4.78 is 82.0. The van der Waals surface area contributed by atoms with Gasteiger partial charge in [0.2, 0.25) is 5.76 Å². The molecule has 0 radical (unpaired) electrons. The Kier molecular flexibility index (Phi) is 20.5. The number of carbonyl (C=O) groups is 3. The van der Waals surface area contributed by atoms with Gasteiger partial charge in [0, 0.05) is 12.8 Å². The van der Waals surface area contributed by atoms with Crippen molar-refractivity contribution in [1.29, 1.82) is 0 Å². The van der Waals surface area contributed by atoms with E-state index in [1.165, 1.54) is 0 Å². The molecule has 0 spiro atoms. The molecular weight excluding hydrogens is 598 g/mol. The van der Waals surface area contributed by atoms with Crippen LogP contribution < -0.4 is 0 Å². The predicted molar refractivity (Wildman–Crippen MR) is 149 cm³/mol. The van der Waals surface area contributed by atoms with Crippen LogP contribution in [0.5, 0.6) is 0 Å². The number of aliphatic hydroxyl groups is 1. The number of hydrogen-bond acceptors (Lipinski definition) is 6. The van der Waals surface area contributed by atoms with Crippen LogP contribution in [0, 0.1) is 13.1 Å². The molecule has 2 aromatic rings. The van der Waals surface area contributed by atoms with Crippen molar-refractivity contribution in [2.45, 2.75) is 58.9 Å². The van der Waals surface area contributed by atoms with E-state index in [-0.39, 0.29) is 19.6 Å². The second-order valence-electron chi connectivity index (χ2n) is 7.48. The van der Waals surface area contributed by atoms with Gasteiger partial charge in [-0.3, -0.25) is 14.4 Å². The molecule has 0 fully saturated rings. The van der Waals surface area contributed by atoms with Crippen molar-refractivity contribution in [3.63, 3.8) is 0 Å². The van der Waals surface area contributed by atoms with E-state index in [0.29, 0.717) is 6.42 Å². The number of ketones is 1. The summed E-state index contributed by atoms with van der Waals surface area (Å²) in [5, 5.41) is 8.77. The minimum Gasteiger partial charge on any atom is -0.515 e. The average molecular weight is 631 g/mol. The van der Waals surface area contributed by atoms with Gasteiger partial charge in [0.05, 0.1) is 19.8 Å². The lowest BCUT2D eigenvalue weighted by Crippen LogP contribution is -2.38. The number of aliphatic hydroxyl groups excluding tert-OH is 1. The Morgan fingerprint density at radius 3 is 1.50 bits per heavy atom. The summed E-state index contributed by atoms with van der Waals surface area (Å²) in [4.78, 5) is 38.2. The fourth-order valence-electron chi connectivity index (χ4n) is 2.67. The predicted octanol–water partition coefficient (Wildman–Crippen LogP) is 7.27. The molecule has 0 aromatic heterocycles. The molecule has 1 N–H and O–H groups in total. The Hall–Kier alpha value is -4.85. The highest BCUT2D eigenvalue weighted by molar-refractivity contribution is 6.07. The summed E-state index contributed by atoms with van der Waals surface area (Å²) in [5.41, 5.74) is 0.182. The van der Waals surface area contributed by atoms with Gasteiger partial charge in [-0.25, -0.2) is 16.2 Å². The first-order valence-electron chi connectivity index (χ1n) is 13.0. The van der Waals surface area contributed by atoms with E-state index >= 15 is 0 Å². The fraction of sp³-hybridized carbons (Fsp3) is 0.367. The molecule has 0 aliphatic carbocycles. The molecule has 0 aliphatic heterocycles. The number of ether oxygens (including phenoxy) is 2. The first-order chi connectivity index (χ1) is 20.7. The lowest BCUT2D eigenvalue weighted by Gasteiger charge is -2.08. The van der Waals surface area contributed by atoms with Gasteiger partial charge in [-0.2, -0.15) is 26.3 Å². The highest BCUT2D eigenvalue weighted by atomic mass is 19.4. The Bertz CT molecular complexity index is 1270. The van der Waals surface area contributed by atoms with Gasteiger partial charge < -0.3 is 14.6 Å². The molecule has 240 valence electrons. The van der Waals surface area contributed by atoms with E-state index in [9.17, 15) is 40.7 Å². The van der Waals surface area contributed by atoms with Crippen LogP contribution in [0.4, 0.5) is 26.3 Å². The molecule has 0 aliphatic rings. The van der Waals surface area contributed by atoms with Gasteiger partial charge in [-0.15, -0.1) is 0 Å². The Morgan fingerprint density at radius 2 is 1.16 bits per heavy atom. The number of benzene rings is 2. The summed E-state index contributed by atoms with van der Waals surface area (Å²) in [6.07, 6.45) is -9.80. The average Bonchev–Trinajstić information content (AvgIpc) is 3.00. The molecule has 0 saturated heterocycles. The number of rotatable bonds is 9. The van der Waals surface area contributed by atoms with Gasteiger partial charge in [0.25, 0.3) is 0 Å². The highest BCUT2D eigenvalue weighted by Gasteiger charge is 2.51. The second kappa shape index (κ2) is 21.8. The van der Waals surface area contributed by atoms with Crippen molar-refractivity contribution in [3.8, 4) is 0 Å². The first-order valence-corrected chi connectivity index (χ1v) is 13.0. The van der Waals surface area contributed by atoms with Crippen LogP contribution in [0.2, 0.25) is 0 Å². The topological polar surface area (TPSA) is 98.6 Å². The third kappa shape index (κ3) is 16.0. The van der Waals surface area contributed by atoms with Gasteiger partial charge in [0.1, 0.15) is 0 Å². The third-order valence-corrected chi connectivity index (χ3v) is 4.62. The van der Waals surface area contributed by atoms with Crippen molar-refractivity contribution in [2.24, 2.45) is 0 Å². The van der Waals surface area contributed by atoms with Crippen LogP contribution in [0.3, 0.4) is 0 Å². The van der Waals surface area contributed by atoms with E-state index in [1.54, 1.807) is 60.7 Å². The Morgan fingerprint density at radius 1 is 0.750 bits per heavy atom. The Labute approximate surface area is 251 Å².